The fourth-order valence-corrected chi connectivity index (χ4v) is 2.95. The number of carbonyl (C=O) groups is 2. The number of carbonyl (C=O) groups excluding carboxylic acids is 2. The summed E-state index contributed by atoms with van der Waals surface area (Å²) in [6.07, 6.45) is 4.12. The van der Waals surface area contributed by atoms with Crippen LogP contribution in [0.3, 0.4) is 0 Å². The van der Waals surface area contributed by atoms with Crippen LogP contribution in [-0.4, -0.2) is 28.3 Å². The van der Waals surface area contributed by atoms with E-state index in [9.17, 15) is 9.59 Å². The number of amides is 2. The number of furan rings is 1. The molecular weight excluding hydrogens is 358 g/mol. The monoisotopic (exact) mass is 381 g/mol. The Morgan fingerprint density at radius 3 is 2.82 bits per heavy atom. The minimum absolute atomic E-state index is 0.0258. The van der Waals surface area contributed by atoms with Crippen LogP contribution >= 0.6 is 0 Å². The van der Waals surface area contributed by atoms with Gasteiger partial charge in [-0.05, 0) is 38.1 Å². The van der Waals surface area contributed by atoms with Crippen LogP contribution in [0, 0.1) is 6.92 Å². The number of aromatic nitrogens is 2. The van der Waals surface area contributed by atoms with Gasteiger partial charge in [-0.2, -0.15) is 0 Å². The summed E-state index contributed by atoms with van der Waals surface area (Å²) in [5.74, 6) is 0.231. The summed E-state index contributed by atoms with van der Waals surface area (Å²) < 4.78 is 5.83. The van der Waals surface area contributed by atoms with Gasteiger partial charge in [-0.3, -0.25) is 14.6 Å². The fourth-order valence-electron chi connectivity index (χ4n) is 2.95. The average Bonchev–Trinajstić information content (AvgIpc) is 3.00. The van der Waals surface area contributed by atoms with E-state index in [1.165, 1.54) is 6.20 Å². The lowest BCUT2D eigenvalue weighted by Crippen LogP contribution is -2.20. The number of rotatable bonds is 8. The van der Waals surface area contributed by atoms with Crippen molar-refractivity contribution in [3.05, 3.63) is 53.3 Å². The highest BCUT2D eigenvalue weighted by Gasteiger charge is 2.12. The molecule has 3 aromatic rings. The van der Waals surface area contributed by atoms with Crippen molar-refractivity contribution < 1.29 is 14.0 Å². The molecule has 4 N–H and O–H groups in total. The third kappa shape index (κ3) is 4.52. The van der Waals surface area contributed by atoms with Crippen molar-refractivity contribution in [3.8, 4) is 0 Å². The quantitative estimate of drug-likeness (QED) is 0.515. The van der Waals surface area contributed by atoms with Crippen molar-refractivity contribution in [2.24, 2.45) is 5.73 Å². The summed E-state index contributed by atoms with van der Waals surface area (Å²) in [6.45, 7) is 4.90. The molecule has 3 rings (SSSR count). The Labute approximate surface area is 162 Å². The first-order valence-corrected chi connectivity index (χ1v) is 9.11. The third-order valence-corrected chi connectivity index (χ3v) is 4.39. The molecule has 0 aliphatic heterocycles. The summed E-state index contributed by atoms with van der Waals surface area (Å²) in [5, 5.41) is 7.15. The van der Waals surface area contributed by atoms with Crippen LogP contribution in [0.2, 0.25) is 0 Å². The van der Waals surface area contributed by atoms with Gasteiger partial charge in [0.25, 0.3) is 5.91 Å². The van der Waals surface area contributed by atoms with Gasteiger partial charge in [0.2, 0.25) is 5.91 Å². The number of hydrogen-bond acceptors (Lipinski definition) is 6. The van der Waals surface area contributed by atoms with Gasteiger partial charge in [-0.25, -0.2) is 4.98 Å². The van der Waals surface area contributed by atoms with E-state index in [1.54, 1.807) is 6.20 Å². The maximum absolute atomic E-state index is 11.6. The van der Waals surface area contributed by atoms with Gasteiger partial charge in [0.15, 0.2) is 0 Å². The standard InChI is InChI=1S/C20H23N5O3/c1-3-19(26)25-13-4-5-18-16(8-13)15(12(2)28-18)6-7-22-9-14-10-23-11-17(24-14)20(21)27/h4-5,8,10-11,22H,3,6-7,9H2,1-2H3,(H2,21,27)(H,25,26). The smallest absolute Gasteiger partial charge is 0.268 e. The van der Waals surface area contributed by atoms with Crippen molar-refractivity contribution in [1.29, 1.82) is 0 Å². The van der Waals surface area contributed by atoms with Crippen molar-refractivity contribution in [2.75, 3.05) is 11.9 Å². The van der Waals surface area contributed by atoms with Gasteiger partial charge in [0.05, 0.1) is 11.9 Å². The summed E-state index contributed by atoms with van der Waals surface area (Å²) in [7, 11) is 0. The van der Waals surface area contributed by atoms with E-state index >= 15 is 0 Å². The number of hydrogen-bond donors (Lipinski definition) is 3. The first-order valence-electron chi connectivity index (χ1n) is 9.11. The fraction of sp³-hybridized carbons (Fsp3) is 0.300. The predicted molar refractivity (Wildman–Crippen MR) is 106 cm³/mol. The van der Waals surface area contributed by atoms with Crippen LogP contribution in [0.1, 0.15) is 40.9 Å². The van der Waals surface area contributed by atoms with E-state index in [2.05, 4.69) is 20.6 Å². The molecular formula is C20H23N5O3. The van der Waals surface area contributed by atoms with Crippen LogP contribution < -0.4 is 16.4 Å². The first kappa shape index (κ1) is 19.5. The molecule has 0 spiro atoms. The number of nitrogens with zero attached hydrogens (tertiary/aromatic N) is 2. The van der Waals surface area contributed by atoms with Crippen molar-refractivity contribution in [2.45, 2.75) is 33.2 Å². The zero-order valence-corrected chi connectivity index (χ0v) is 15.9. The van der Waals surface area contributed by atoms with Crippen molar-refractivity contribution in [1.82, 2.24) is 15.3 Å². The van der Waals surface area contributed by atoms with Gasteiger partial charge in [-0.15, -0.1) is 0 Å². The molecule has 0 aliphatic rings. The maximum Gasteiger partial charge on any atom is 0.268 e. The number of nitrogens with one attached hydrogen (secondary N) is 2. The molecule has 0 unspecified atom stereocenters. The molecule has 0 atom stereocenters. The Kier molecular flexibility index (Phi) is 6.00. The topological polar surface area (TPSA) is 123 Å². The Bertz CT molecular complexity index is 1010. The Morgan fingerprint density at radius 2 is 2.07 bits per heavy atom. The number of benzene rings is 1. The molecule has 1 aromatic carbocycles. The highest BCUT2D eigenvalue weighted by Crippen LogP contribution is 2.28. The van der Waals surface area contributed by atoms with Gasteiger partial charge < -0.3 is 20.8 Å². The van der Waals surface area contributed by atoms with E-state index in [1.807, 2.05) is 32.0 Å². The zero-order valence-electron chi connectivity index (χ0n) is 15.9. The lowest BCUT2D eigenvalue weighted by Gasteiger charge is -2.06. The van der Waals surface area contributed by atoms with Gasteiger partial charge in [0.1, 0.15) is 17.0 Å². The Morgan fingerprint density at radius 1 is 1.25 bits per heavy atom. The second-order valence-corrected chi connectivity index (χ2v) is 6.44. The first-order chi connectivity index (χ1) is 13.5. The van der Waals surface area contributed by atoms with E-state index in [4.69, 9.17) is 10.2 Å². The SMILES string of the molecule is CCC(=O)Nc1ccc2oc(C)c(CCNCc3cncc(C(N)=O)n3)c2c1. The zero-order chi connectivity index (χ0) is 20.1. The lowest BCUT2D eigenvalue weighted by molar-refractivity contribution is -0.115. The average molecular weight is 381 g/mol. The van der Waals surface area contributed by atoms with Crippen LogP contribution in [0.4, 0.5) is 5.69 Å². The number of anilines is 1. The molecule has 0 aliphatic carbocycles. The molecule has 2 aromatic heterocycles. The van der Waals surface area contributed by atoms with Gasteiger partial charge >= 0.3 is 0 Å². The summed E-state index contributed by atoms with van der Waals surface area (Å²) in [6, 6.07) is 5.65. The molecule has 0 bridgehead atoms. The van der Waals surface area contributed by atoms with E-state index in [0.29, 0.717) is 25.2 Å². The molecule has 146 valence electrons. The van der Waals surface area contributed by atoms with E-state index < -0.39 is 5.91 Å². The molecule has 8 heteroatoms. The van der Waals surface area contributed by atoms with Crippen LogP contribution in [0.5, 0.6) is 0 Å². The Hall–Kier alpha value is -3.26. The second kappa shape index (κ2) is 8.62. The van der Waals surface area contributed by atoms with Crippen molar-refractivity contribution >= 4 is 28.5 Å². The Balaban J connectivity index is 1.66. The van der Waals surface area contributed by atoms with E-state index in [0.717, 1.165) is 34.4 Å². The minimum atomic E-state index is -0.596. The van der Waals surface area contributed by atoms with Crippen LogP contribution in [0.15, 0.2) is 35.0 Å². The summed E-state index contributed by atoms with van der Waals surface area (Å²) >= 11 is 0. The predicted octanol–water partition coefficient (Wildman–Crippen LogP) is 2.31. The maximum atomic E-state index is 11.6. The normalized spacial score (nSPS) is 10.9. The number of aryl methyl sites for hydroxylation is 1. The molecule has 0 fully saturated rings. The molecule has 28 heavy (non-hydrogen) atoms. The second-order valence-electron chi connectivity index (χ2n) is 6.44. The molecule has 8 nitrogen and oxygen atoms in total. The lowest BCUT2D eigenvalue weighted by atomic mass is 10.1. The van der Waals surface area contributed by atoms with Crippen molar-refractivity contribution in [3.63, 3.8) is 0 Å². The minimum Gasteiger partial charge on any atom is -0.461 e. The summed E-state index contributed by atoms with van der Waals surface area (Å²) in [5.41, 5.74) is 8.66. The van der Waals surface area contributed by atoms with Gasteiger partial charge in [-0.1, -0.05) is 6.92 Å². The summed E-state index contributed by atoms with van der Waals surface area (Å²) in [4.78, 5) is 31.0. The molecule has 0 saturated carbocycles. The number of primary amides is 1. The van der Waals surface area contributed by atoms with E-state index in [-0.39, 0.29) is 11.6 Å². The van der Waals surface area contributed by atoms with Crippen LogP contribution in [0.25, 0.3) is 11.0 Å². The molecule has 0 saturated heterocycles. The highest BCUT2D eigenvalue weighted by atomic mass is 16.3. The largest absolute Gasteiger partial charge is 0.461 e. The van der Waals surface area contributed by atoms with Crippen LogP contribution in [-0.2, 0) is 17.8 Å². The highest BCUT2D eigenvalue weighted by molar-refractivity contribution is 5.94. The van der Waals surface area contributed by atoms with Gasteiger partial charge in [0, 0.05) is 35.8 Å². The molecule has 0 radical (unpaired) electrons. The number of nitrogens with two attached hydrogens (primary N) is 1. The third-order valence-electron chi connectivity index (χ3n) is 4.39. The number of fused-ring (bicyclic) bond motifs is 1. The molecule has 2 heterocycles. The molecule has 2 amide bonds.